The summed E-state index contributed by atoms with van der Waals surface area (Å²) in [6.45, 7) is 3.51. The van der Waals surface area contributed by atoms with E-state index in [2.05, 4.69) is 22.6 Å². The zero-order chi connectivity index (χ0) is 34.5. The van der Waals surface area contributed by atoms with Crippen molar-refractivity contribution in [2.45, 2.75) is 96.5 Å². The number of quaternary nitrogens is 1. The minimum Gasteiger partial charge on any atom is -0.756 e. The van der Waals surface area contributed by atoms with Gasteiger partial charge in [-0.2, -0.15) is 0 Å². The molecular formula is C31H54N5O10P. The second-order valence-corrected chi connectivity index (χ2v) is 14.1. The number of carbonyl (C=O) groups excluding carboxylic acids is 1. The van der Waals surface area contributed by atoms with Crippen molar-refractivity contribution >= 4 is 36.2 Å². The molecule has 0 radical (unpaired) electrons. The number of likely N-dealkylation sites (N-methyl/N-ethyl adjacent to an activating group) is 1. The van der Waals surface area contributed by atoms with Crippen molar-refractivity contribution < 1.29 is 46.8 Å². The van der Waals surface area contributed by atoms with Crippen LogP contribution in [0.4, 0.5) is 11.4 Å². The van der Waals surface area contributed by atoms with E-state index in [-0.39, 0.29) is 37.4 Å². The summed E-state index contributed by atoms with van der Waals surface area (Å²) in [5, 5.41) is 21.8. The number of fused-ring (bicyclic) bond motifs is 1. The molecule has 0 saturated heterocycles. The Morgan fingerprint density at radius 3 is 2.26 bits per heavy atom. The Labute approximate surface area is 278 Å². The van der Waals surface area contributed by atoms with E-state index in [0.29, 0.717) is 41.8 Å². The fourth-order valence-electron chi connectivity index (χ4n) is 4.67. The molecule has 1 aromatic carbocycles. The van der Waals surface area contributed by atoms with Gasteiger partial charge in [-0.25, -0.2) is 4.63 Å². The Balaban J connectivity index is 1.56. The van der Waals surface area contributed by atoms with Crippen LogP contribution in [0.2, 0.25) is 0 Å². The molecule has 2 atom stereocenters. The number of esters is 1. The quantitative estimate of drug-likeness (QED) is 0.0284. The monoisotopic (exact) mass is 687 g/mol. The summed E-state index contributed by atoms with van der Waals surface area (Å²) >= 11 is 0. The van der Waals surface area contributed by atoms with Crippen molar-refractivity contribution in [3.8, 4) is 0 Å². The van der Waals surface area contributed by atoms with Crippen LogP contribution in [0.5, 0.6) is 0 Å². The minimum atomic E-state index is -4.53. The maximum atomic E-state index is 12.5. The van der Waals surface area contributed by atoms with Crippen molar-refractivity contribution in [3.63, 3.8) is 0 Å². The van der Waals surface area contributed by atoms with E-state index in [1.54, 1.807) is 6.07 Å². The molecule has 0 aliphatic carbocycles. The molecule has 0 spiro atoms. The second-order valence-electron chi connectivity index (χ2n) is 12.7. The predicted molar refractivity (Wildman–Crippen MR) is 176 cm³/mol. The fraction of sp³-hybridized carbons (Fsp3) is 0.774. The summed E-state index contributed by atoms with van der Waals surface area (Å²) in [5.74, 6) is -0.398. The number of nitro groups is 1. The highest BCUT2D eigenvalue weighted by Crippen LogP contribution is 2.38. The number of carbonyl (C=O) groups is 1. The first kappa shape index (κ1) is 40.5. The number of hydrogen-bond acceptors (Lipinski definition) is 13. The molecule has 1 N–H and O–H groups in total. The molecule has 0 bridgehead atoms. The van der Waals surface area contributed by atoms with E-state index in [1.807, 2.05) is 21.1 Å². The zero-order valence-electron chi connectivity index (χ0n) is 28.5. The van der Waals surface area contributed by atoms with E-state index in [9.17, 15) is 24.4 Å². The van der Waals surface area contributed by atoms with Crippen LogP contribution in [-0.4, -0.2) is 92.5 Å². The Kier molecular flexibility index (Phi) is 19.0. The zero-order valence-corrected chi connectivity index (χ0v) is 29.4. The number of nitrogens with zero attached hydrogens (tertiary/aromatic N) is 4. The number of non-ortho nitro benzene ring substituents is 1. The topological polar surface area (TPSA) is 188 Å². The van der Waals surface area contributed by atoms with Gasteiger partial charge in [-0.1, -0.05) is 64.7 Å². The highest BCUT2D eigenvalue weighted by molar-refractivity contribution is 7.45. The molecule has 0 aliphatic rings. The first-order valence-corrected chi connectivity index (χ1v) is 18.2. The van der Waals surface area contributed by atoms with Gasteiger partial charge in [0.05, 0.1) is 45.0 Å². The molecule has 1 unspecified atom stereocenters. The number of anilines is 1. The number of nitro benzene ring substituents is 1. The van der Waals surface area contributed by atoms with Gasteiger partial charge in [0.25, 0.3) is 7.82 Å². The van der Waals surface area contributed by atoms with Gasteiger partial charge in [-0.05, 0) is 35.6 Å². The van der Waals surface area contributed by atoms with E-state index in [0.717, 1.165) is 70.6 Å². The largest absolute Gasteiger partial charge is 0.756 e. The summed E-state index contributed by atoms with van der Waals surface area (Å²) in [7, 11) is 1.25. The first-order chi connectivity index (χ1) is 22.4. The van der Waals surface area contributed by atoms with Crippen LogP contribution in [0.3, 0.4) is 0 Å². The normalized spacial score (nSPS) is 13.8. The van der Waals surface area contributed by atoms with Crippen LogP contribution < -0.4 is 10.2 Å². The average Bonchev–Trinajstić information content (AvgIpc) is 3.49. The van der Waals surface area contributed by atoms with Crippen molar-refractivity contribution in [3.05, 3.63) is 22.2 Å². The summed E-state index contributed by atoms with van der Waals surface area (Å²) in [4.78, 5) is 35.3. The van der Waals surface area contributed by atoms with Crippen LogP contribution in [0.1, 0.15) is 90.4 Å². The van der Waals surface area contributed by atoms with E-state index in [4.69, 9.17) is 23.2 Å². The van der Waals surface area contributed by atoms with Crippen LogP contribution in [0.25, 0.3) is 11.0 Å². The van der Waals surface area contributed by atoms with Crippen molar-refractivity contribution in [2.75, 3.05) is 66.0 Å². The molecule has 15 nitrogen and oxygen atoms in total. The first-order valence-electron chi connectivity index (χ1n) is 16.7. The summed E-state index contributed by atoms with van der Waals surface area (Å²) in [6, 6.07) is 3.02. The lowest BCUT2D eigenvalue weighted by Crippen LogP contribution is -2.37. The molecule has 1 heterocycles. The van der Waals surface area contributed by atoms with Crippen LogP contribution in [0.15, 0.2) is 16.8 Å². The molecular weight excluding hydrogens is 633 g/mol. The third-order valence-electron chi connectivity index (χ3n) is 7.39. The lowest BCUT2D eigenvalue weighted by molar-refractivity contribution is -0.870. The molecule has 0 aliphatic heterocycles. The Hall–Kier alpha value is -2.68. The van der Waals surface area contributed by atoms with Gasteiger partial charge in [0.2, 0.25) is 5.52 Å². The van der Waals surface area contributed by atoms with Gasteiger partial charge in [0.15, 0.2) is 5.52 Å². The number of phosphoric acid groups is 1. The number of unbranched alkanes of at least 4 members (excludes halogenated alkanes) is 10. The Bertz CT molecular complexity index is 1240. The third-order valence-corrected chi connectivity index (χ3v) is 8.35. The van der Waals surface area contributed by atoms with Gasteiger partial charge in [-0.3, -0.25) is 19.5 Å². The number of ether oxygens (including phenoxy) is 2. The van der Waals surface area contributed by atoms with Gasteiger partial charge >= 0.3 is 11.7 Å². The van der Waals surface area contributed by atoms with Crippen molar-refractivity contribution in [1.82, 2.24) is 10.3 Å². The van der Waals surface area contributed by atoms with E-state index in [1.165, 1.54) is 6.07 Å². The summed E-state index contributed by atoms with van der Waals surface area (Å²) in [6.07, 6.45) is 11.4. The van der Waals surface area contributed by atoms with Crippen molar-refractivity contribution in [2.24, 2.45) is 0 Å². The molecule has 0 fully saturated rings. The Morgan fingerprint density at radius 1 is 0.936 bits per heavy atom. The van der Waals surface area contributed by atoms with Crippen LogP contribution in [-0.2, 0) is 27.9 Å². The lowest BCUT2D eigenvalue weighted by Gasteiger charge is -2.28. The molecule has 1 aromatic heterocycles. The highest BCUT2D eigenvalue weighted by Gasteiger charge is 2.21. The Morgan fingerprint density at radius 2 is 1.60 bits per heavy atom. The average molecular weight is 688 g/mol. The minimum absolute atomic E-state index is 0.00178. The van der Waals surface area contributed by atoms with Crippen molar-refractivity contribution in [1.29, 1.82) is 0 Å². The highest BCUT2D eigenvalue weighted by atomic mass is 31.2. The van der Waals surface area contributed by atoms with Gasteiger partial charge in [0.1, 0.15) is 19.3 Å². The number of benzene rings is 1. The summed E-state index contributed by atoms with van der Waals surface area (Å²) < 4.78 is 38.5. The number of aromatic nitrogens is 2. The molecule has 0 saturated carbocycles. The van der Waals surface area contributed by atoms with Gasteiger partial charge in [0, 0.05) is 25.6 Å². The van der Waals surface area contributed by atoms with Gasteiger partial charge < -0.3 is 33.2 Å². The molecule has 2 aromatic rings. The van der Waals surface area contributed by atoms with E-state index < -0.39 is 24.8 Å². The SMILES string of the molecule is CCCCCOC[C@H](COP(=O)([O-])OCC[N+](C)(C)C)OC(=O)CCCCCCCCCCCNc1ccc([N+](=O)[O-])c2nonc12. The maximum Gasteiger partial charge on any atom is 0.306 e. The lowest BCUT2D eigenvalue weighted by atomic mass is 10.1. The summed E-state index contributed by atoms with van der Waals surface area (Å²) in [5.41, 5.74) is 1.03. The number of rotatable bonds is 28. The maximum absolute atomic E-state index is 12.5. The molecule has 47 heavy (non-hydrogen) atoms. The number of phosphoric ester groups is 1. The van der Waals surface area contributed by atoms with E-state index >= 15 is 0 Å². The number of hydrogen-bond donors (Lipinski definition) is 1. The van der Waals surface area contributed by atoms with Gasteiger partial charge in [-0.15, -0.1) is 0 Å². The standard InChI is InChI=1S/C31H54N5O10P/c1-5-6-16-22-42-24-26(25-44-47(40,41)43-23-21-36(2,3)4)45-29(37)17-14-12-10-8-7-9-11-13-15-20-32-27-18-19-28(35(38)39)31-30(27)33-46-34-31/h18-19,26H,5-17,20-25H2,1-4H3,(H-,32,34,40,41)/t26-/m1/s1. The number of nitrogens with one attached hydrogen (secondary N) is 1. The smallest absolute Gasteiger partial charge is 0.306 e. The predicted octanol–water partition coefficient (Wildman–Crippen LogP) is 5.77. The molecule has 2 rings (SSSR count). The second kappa shape index (κ2) is 22.0. The van der Waals surface area contributed by atoms with Crippen LogP contribution in [0, 0.1) is 10.1 Å². The molecule has 16 heteroatoms. The molecule has 0 amide bonds. The van der Waals surface area contributed by atoms with Crippen LogP contribution >= 0.6 is 7.82 Å². The third kappa shape index (κ3) is 17.9. The molecule has 268 valence electrons. The fourth-order valence-corrected chi connectivity index (χ4v) is 5.39.